The molecular weight excluding hydrogens is 254 g/mol. The Labute approximate surface area is 110 Å². The van der Waals surface area contributed by atoms with Crippen molar-refractivity contribution in [1.29, 1.82) is 0 Å². The second-order valence-corrected chi connectivity index (χ2v) is 8.03. The molecule has 0 aliphatic carbocycles. The topological polar surface area (TPSA) is 46.2 Å². The molecule has 0 bridgehead atoms. The summed E-state index contributed by atoms with van der Waals surface area (Å²) in [6.07, 6.45) is 9.02. The molecule has 1 rings (SSSR count). The lowest BCUT2D eigenvalue weighted by molar-refractivity contribution is 0.470. The van der Waals surface area contributed by atoms with Gasteiger partial charge in [-0.15, -0.1) is 0 Å². The van der Waals surface area contributed by atoms with Crippen molar-refractivity contribution < 1.29 is 8.42 Å². The van der Waals surface area contributed by atoms with Crippen molar-refractivity contribution >= 4 is 21.6 Å². The zero-order valence-corrected chi connectivity index (χ0v) is 12.4. The van der Waals surface area contributed by atoms with Gasteiger partial charge in [0.15, 0.2) is 9.84 Å². The zero-order chi connectivity index (χ0) is 12.6. The van der Waals surface area contributed by atoms with E-state index in [0.29, 0.717) is 11.5 Å². The second-order valence-electron chi connectivity index (χ2n) is 4.81. The highest BCUT2D eigenvalue weighted by atomic mass is 32.2. The summed E-state index contributed by atoms with van der Waals surface area (Å²) in [5, 5.41) is 3.38. The van der Waals surface area contributed by atoms with Crippen LogP contribution in [0.25, 0.3) is 0 Å². The Morgan fingerprint density at radius 2 is 2.00 bits per heavy atom. The second kappa shape index (κ2) is 8.38. The fourth-order valence-electron chi connectivity index (χ4n) is 2.21. The number of hydrogen-bond acceptors (Lipinski definition) is 4. The fourth-order valence-corrected chi connectivity index (χ4v) is 4.38. The molecule has 1 saturated heterocycles. The van der Waals surface area contributed by atoms with Crippen molar-refractivity contribution in [3.63, 3.8) is 0 Å². The first-order valence-corrected chi connectivity index (χ1v) is 9.78. The third-order valence-corrected chi connectivity index (χ3v) is 5.69. The van der Waals surface area contributed by atoms with E-state index in [1.807, 2.05) is 11.8 Å². The standard InChI is InChI=1S/C12H25NO2S2/c1-16-9-5-3-2-4-8-13-12-7-6-10-17(14,15)11-12/h12-13H,2-11H2,1H3. The Balaban J connectivity index is 1.99. The molecule has 5 heteroatoms. The van der Waals surface area contributed by atoms with Gasteiger partial charge in [-0.3, -0.25) is 0 Å². The molecule has 0 spiro atoms. The van der Waals surface area contributed by atoms with Crippen molar-refractivity contribution in [2.45, 2.75) is 44.6 Å². The fraction of sp³-hybridized carbons (Fsp3) is 1.00. The Morgan fingerprint density at radius 1 is 1.24 bits per heavy atom. The molecule has 0 amide bonds. The van der Waals surface area contributed by atoms with Crippen molar-refractivity contribution in [2.75, 3.05) is 30.1 Å². The molecule has 1 aliphatic heterocycles. The molecule has 17 heavy (non-hydrogen) atoms. The van der Waals surface area contributed by atoms with Gasteiger partial charge in [0.05, 0.1) is 11.5 Å². The Morgan fingerprint density at radius 3 is 2.71 bits per heavy atom. The maximum atomic E-state index is 11.4. The number of sulfone groups is 1. The molecule has 0 aromatic carbocycles. The highest BCUT2D eigenvalue weighted by molar-refractivity contribution is 7.98. The van der Waals surface area contributed by atoms with Crippen molar-refractivity contribution in [2.24, 2.45) is 0 Å². The summed E-state index contributed by atoms with van der Waals surface area (Å²) in [4.78, 5) is 0. The molecule has 1 aliphatic rings. The lowest BCUT2D eigenvalue weighted by atomic mass is 10.1. The van der Waals surface area contributed by atoms with Crippen LogP contribution < -0.4 is 5.32 Å². The van der Waals surface area contributed by atoms with Crippen LogP contribution in [-0.4, -0.2) is 44.5 Å². The molecule has 1 N–H and O–H groups in total. The summed E-state index contributed by atoms with van der Waals surface area (Å²) in [6, 6.07) is 0.208. The summed E-state index contributed by atoms with van der Waals surface area (Å²) >= 11 is 1.91. The Hall–Kier alpha value is 0.260. The lowest BCUT2D eigenvalue weighted by Crippen LogP contribution is -2.40. The van der Waals surface area contributed by atoms with E-state index in [1.165, 1.54) is 31.4 Å². The predicted molar refractivity (Wildman–Crippen MR) is 76.5 cm³/mol. The molecule has 1 atom stereocenters. The van der Waals surface area contributed by atoms with Gasteiger partial charge >= 0.3 is 0 Å². The van der Waals surface area contributed by atoms with Gasteiger partial charge in [-0.2, -0.15) is 11.8 Å². The van der Waals surface area contributed by atoms with Crippen LogP contribution in [-0.2, 0) is 9.84 Å². The predicted octanol–water partition coefficient (Wildman–Crippen LogP) is 2.08. The maximum Gasteiger partial charge on any atom is 0.151 e. The van der Waals surface area contributed by atoms with Gasteiger partial charge in [0, 0.05) is 6.04 Å². The van der Waals surface area contributed by atoms with E-state index < -0.39 is 9.84 Å². The quantitative estimate of drug-likeness (QED) is 0.691. The number of unbranched alkanes of at least 4 members (excludes halogenated alkanes) is 3. The lowest BCUT2D eigenvalue weighted by Gasteiger charge is -2.23. The summed E-state index contributed by atoms with van der Waals surface area (Å²) < 4.78 is 22.9. The Bertz CT molecular complexity index is 291. The molecule has 3 nitrogen and oxygen atoms in total. The van der Waals surface area contributed by atoms with Crippen LogP contribution in [0.4, 0.5) is 0 Å². The third kappa shape index (κ3) is 7.32. The molecule has 1 unspecified atom stereocenters. The zero-order valence-electron chi connectivity index (χ0n) is 10.8. The van der Waals surface area contributed by atoms with Crippen LogP contribution in [0.2, 0.25) is 0 Å². The summed E-state index contributed by atoms with van der Waals surface area (Å²) in [7, 11) is -2.75. The van der Waals surface area contributed by atoms with Gasteiger partial charge in [-0.1, -0.05) is 12.8 Å². The molecule has 102 valence electrons. The third-order valence-electron chi connectivity index (χ3n) is 3.17. The van der Waals surface area contributed by atoms with Crippen LogP contribution in [0.1, 0.15) is 38.5 Å². The highest BCUT2D eigenvalue weighted by Crippen LogP contribution is 2.12. The number of nitrogens with one attached hydrogen (secondary N) is 1. The average molecular weight is 279 g/mol. The molecule has 0 aromatic heterocycles. The maximum absolute atomic E-state index is 11.4. The summed E-state index contributed by atoms with van der Waals surface area (Å²) in [5.41, 5.74) is 0. The normalized spacial score (nSPS) is 23.7. The van der Waals surface area contributed by atoms with Crippen LogP contribution in [0.15, 0.2) is 0 Å². The molecule has 1 fully saturated rings. The average Bonchev–Trinajstić information content (AvgIpc) is 2.27. The molecule has 0 aromatic rings. The van der Waals surface area contributed by atoms with Gasteiger partial charge in [-0.25, -0.2) is 8.42 Å². The molecule has 0 radical (unpaired) electrons. The van der Waals surface area contributed by atoms with E-state index in [0.717, 1.165) is 19.4 Å². The van der Waals surface area contributed by atoms with E-state index in [4.69, 9.17) is 0 Å². The van der Waals surface area contributed by atoms with Crippen LogP contribution in [0.5, 0.6) is 0 Å². The van der Waals surface area contributed by atoms with E-state index >= 15 is 0 Å². The number of rotatable bonds is 8. The minimum absolute atomic E-state index is 0.208. The number of thioether (sulfide) groups is 1. The summed E-state index contributed by atoms with van der Waals surface area (Å²) in [6.45, 7) is 0.972. The van der Waals surface area contributed by atoms with Crippen LogP contribution >= 0.6 is 11.8 Å². The number of hydrogen-bond donors (Lipinski definition) is 1. The van der Waals surface area contributed by atoms with E-state index in [-0.39, 0.29) is 6.04 Å². The largest absolute Gasteiger partial charge is 0.313 e. The van der Waals surface area contributed by atoms with Crippen molar-refractivity contribution in [1.82, 2.24) is 5.32 Å². The Kier molecular flexibility index (Phi) is 7.55. The van der Waals surface area contributed by atoms with E-state index in [1.54, 1.807) is 0 Å². The van der Waals surface area contributed by atoms with E-state index in [2.05, 4.69) is 11.6 Å². The molecular formula is C12H25NO2S2. The smallest absolute Gasteiger partial charge is 0.151 e. The van der Waals surface area contributed by atoms with Crippen molar-refractivity contribution in [3.05, 3.63) is 0 Å². The minimum atomic E-state index is -2.75. The monoisotopic (exact) mass is 279 g/mol. The molecule has 0 saturated carbocycles. The minimum Gasteiger partial charge on any atom is -0.313 e. The van der Waals surface area contributed by atoms with Gasteiger partial charge in [0.25, 0.3) is 0 Å². The van der Waals surface area contributed by atoms with Gasteiger partial charge in [-0.05, 0) is 44.2 Å². The first kappa shape index (κ1) is 15.3. The van der Waals surface area contributed by atoms with Gasteiger partial charge in [0.1, 0.15) is 0 Å². The van der Waals surface area contributed by atoms with Crippen LogP contribution in [0, 0.1) is 0 Å². The SMILES string of the molecule is CSCCCCCCNC1CCCS(=O)(=O)C1. The van der Waals surface area contributed by atoms with E-state index in [9.17, 15) is 8.42 Å². The highest BCUT2D eigenvalue weighted by Gasteiger charge is 2.23. The first-order chi connectivity index (χ1) is 8.14. The van der Waals surface area contributed by atoms with Gasteiger partial charge in [0.2, 0.25) is 0 Å². The van der Waals surface area contributed by atoms with Crippen molar-refractivity contribution in [3.8, 4) is 0 Å². The van der Waals surface area contributed by atoms with Gasteiger partial charge < -0.3 is 5.32 Å². The summed E-state index contributed by atoms with van der Waals surface area (Å²) in [5.74, 6) is 1.99. The molecule has 1 heterocycles. The first-order valence-electron chi connectivity index (χ1n) is 6.57. The van der Waals surface area contributed by atoms with Crippen LogP contribution in [0.3, 0.4) is 0 Å².